The van der Waals surface area contributed by atoms with Crippen LogP contribution in [0.4, 0.5) is 10.1 Å². The zero-order valence-electron chi connectivity index (χ0n) is 14.8. The zero-order valence-corrected chi connectivity index (χ0v) is 14.8. The number of fused-ring (bicyclic) bond motifs is 1. The molecule has 4 heteroatoms. The van der Waals surface area contributed by atoms with Crippen LogP contribution in [0.25, 0.3) is 4.85 Å². The summed E-state index contributed by atoms with van der Waals surface area (Å²) in [5.41, 5.74) is 3.47. The lowest BCUT2D eigenvalue weighted by molar-refractivity contribution is 0.0969. The molecule has 0 amide bonds. The molecule has 26 heavy (non-hydrogen) atoms. The van der Waals surface area contributed by atoms with Crippen LogP contribution in [-0.4, -0.2) is 30.6 Å². The lowest BCUT2D eigenvalue weighted by Crippen LogP contribution is -2.40. The van der Waals surface area contributed by atoms with Crippen molar-refractivity contribution < 1.29 is 9.13 Å². The quantitative estimate of drug-likeness (QED) is 0.726. The van der Waals surface area contributed by atoms with Crippen LogP contribution in [0, 0.1) is 12.4 Å². The van der Waals surface area contributed by atoms with Gasteiger partial charge < -0.3 is 9.64 Å². The van der Waals surface area contributed by atoms with Gasteiger partial charge >= 0.3 is 0 Å². The molecular weight excluding hydrogens is 327 g/mol. The number of likely N-dealkylation sites (tertiary alicyclic amines) is 1. The first-order chi connectivity index (χ1) is 12.7. The van der Waals surface area contributed by atoms with Gasteiger partial charge in [-0.05, 0) is 61.4 Å². The van der Waals surface area contributed by atoms with E-state index in [-0.39, 0.29) is 11.9 Å². The van der Waals surface area contributed by atoms with E-state index < -0.39 is 0 Å². The van der Waals surface area contributed by atoms with Crippen molar-refractivity contribution in [3.05, 3.63) is 70.8 Å². The Balaban J connectivity index is 1.31. The summed E-state index contributed by atoms with van der Waals surface area (Å²) in [6.07, 6.45) is 4.38. The largest absolute Gasteiger partial charge is 0.490 e. The van der Waals surface area contributed by atoms with Gasteiger partial charge in [0.25, 0.3) is 0 Å². The summed E-state index contributed by atoms with van der Waals surface area (Å²) in [6.45, 7) is 10.5. The zero-order chi connectivity index (χ0) is 17.9. The molecule has 0 spiro atoms. The highest BCUT2D eigenvalue weighted by molar-refractivity contribution is 5.58. The van der Waals surface area contributed by atoms with Gasteiger partial charge in [0.2, 0.25) is 0 Å². The van der Waals surface area contributed by atoms with Gasteiger partial charge in [0, 0.05) is 19.6 Å². The standard InChI is InChI=1S/C22H23FN2O/c1-24-22-4-2-3-20-16(5-10-21(20)22)15-25-13-11-19(12-14-25)26-18-8-6-17(23)7-9-18/h2-4,6-9,16,19H,5,10-15H2. The number of hydrogen-bond donors (Lipinski definition) is 0. The molecule has 2 aliphatic rings. The summed E-state index contributed by atoms with van der Waals surface area (Å²) < 4.78 is 19.0. The maximum atomic E-state index is 13.0. The molecule has 3 nitrogen and oxygen atoms in total. The first-order valence-corrected chi connectivity index (χ1v) is 9.37. The average molecular weight is 350 g/mol. The number of ether oxygens (including phenoxy) is 1. The fraction of sp³-hybridized carbons (Fsp3) is 0.409. The van der Waals surface area contributed by atoms with Crippen molar-refractivity contribution in [3.63, 3.8) is 0 Å². The number of hydrogen-bond acceptors (Lipinski definition) is 2. The van der Waals surface area contributed by atoms with Crippen molar-refractivity contribution >= 4 is 5.69 Å². The molecule has 0 radical (unpaired) electrons. The Morgan fingerprint density at radius 3 is 2.58 bits per heavy atom. The second-order valence-electron chi connectivity index (χ2n) is 7.26. The minimum atomic E-state index is -0.231. The highest BCUT2D eigenvalue weighted by Crippen LogP contribution is 2.39. The monoisotopic (exact) mass is 350 g/mol. The Labute approximate surface area is 154 Å². The van der Waals surface area contributed by atoms with Crippen LogP contribution in [0.3, 0.4) is 0 Å². The molecule has 1 fully saturated rings. The van der Waals surface area contributed by atoms with Crippen LogP contribution in [0.1, 0.15) is 36.3 Å². The average Bonchev–Trinajstić information content (AvgIpc) is 3.08. The second-order valence-corrected chi connectivity index (χ2v) is 7.26. The van der Waals surface area contributed by atoms with Crippen molar-refractivity contribution in [1.82, 2.24) is 4.90 Å². The summed E-state index contributed by atoms with van der Waals surface area (Å²) in [7, 11) is 0. The normalized spacial score (nSPS) is 20.5. The number of piperidine rings is 1. The summed E-state index contributed by atoms with van der Waals surface area (Å²) in [5, 5.41) is 0. The molecule has 1 unspecified atom stereocenters. The van der Waals surface area contributed by atoms with Crippen LogP contribution >= 0.6 is 0 Å². The SMILES string of the molecule is [C-]#[N+]c1cccc2c1CCC2CN1CCC(Oc2ccc(F)cc2)CC1. The van der Waals surface area contributed by atoms with E-state index >= 15 is 0 Å². The van der Waals surface area contributed by atoms with E-state index in [4.69, 9.17) is 11.3 Å². The number of benzene rings is 2. The van der Waals surface area contributed by atoms with Gasteiger partial charge in [-0.15, -0.1) is 0 Å². The number of nitrogens with zero attached hydrogens (tertiary/aromatic N) is 2. The Kier molecular flexibility index (Phi) is 4.90. The number of halogens is 1. The Hall–Kier alpha value is -2.38. The third-order valence-corrected chi connectivity index (χ3v) is 5.62. The minimum Gasteiger partial charge on any atom is -0.490 e. The molecule has 2 aromatic rings. The van der Waals surface area contributed by atoms with E-state index in [0.717, 1.165) is 56.8 Å². The molecule has 134 valence electrons. The molecule has 1 aliphatic heterocycles. The van der Waals surface area contributed by atoms with Crippen LogP contribution in [0.2, 0.25) is 0 Å². The van der Waals surface area contributed by atoms with Gasteiger partial charge in [0.15, 0.2) is 5.69 Å². The van der Waals surface area contributed by atoms with Crippen molar-refractivity contribution in [2.75, 3.05) is 19.6 Å². The fourth-order valence-electron chi connectivity index (χ4n) is 4.24. The molecule has 1 aliphatic carbocycles. The highest BCUT2D eigenvalue weighted by atomic mass is 19.1. The highest BCUT2D eigenvalue weighted by Gasteiger charge is 2.28. The number of rotatable bonds is 4. The second kappa shape index (κ2) is 7.47. The van der Waals surface area contributed by atoms with Crippen LogP contribution in [0.15, 0.2) is 42.5 Å². The maximum Gasteiger partial charge on any atom is 0.190 e. The first kappa shape index (κ1) is 17.1. The smallest absolute Gasteiger partial charge is 0.190 e. The van der Waals surface area contributed by atoms with Gasteiger partial charge in [-0.1, -0.05) is 23.8 Å². The lowest BCUT2D eigenvalue weighted by atomic mass is 9.98. The van der Waals surface area contributed by atoms with E-state index in [1.807, 2.05) is 12.1 Å². The molecule has 1 saturated heterocycles. The molecule has 0 bridgehead atoms. The first-order valence-electron chi connectivity index (χ1n) is 9.37. The Bertz CT molecular complexity index is 804. The minimum absolute atomic E-state index is 0.210. The molecule has 4 rings (SSSR count). The summed E-state index contributed by atoms with van der Waals surface area (Å²) in [4.78, 5) is 6.20. The third-order valence-electron chi connectivity index (χ3n) is 5.62. The van der Waals surface area contributed by atoms with Gasteiger partial charge in [0.1, 0.15) is 17.7 Å². The summed E-state index contributed by atoms with van der Waals surface area (Å²) in [6, 6.07) is 12.4. The predicted molar refractivity (Wildman–Crippen MR) is 100 cm³/mol. The third kappa shape index (κ3) is 3.59. The van der Waals surface area contributed by atoms with E-state index in [1.54, 1.807) is 12.1 Å². The molecular formula is C22H23FN2O. The molecule has 0 saturated carbocycles. The van der Waals surface area contributed by atoms with E-state index in [2.05, 4.69) is 15.8 Å². The Morgan fingerprint density at radius 1 is 1.08 bits per heavy atom. The van der Waals surface area contributed by atoms with E-state index in [9.17, 15) is 4.39 Å². The van der Waals surface area contributed by atoms with Crippen molar-refractivity contribution in [1.29, 1.82) is 0 Å². The molecule has 0 N–H and O–H groups in total. The van der Waals surface area contributed by atoms with E-state index in [0.29, 0.717) is 5.92 Å². The van der Waals surface area contributed by atoms with Gasteiger partial charge in [-0.3, -0.25) is 0 Å². The molecule has 1 atom stereocenters. The summed E-state index contributed by atoms with van der Waals surface area (Å²) in [5.74, 6) is 1.06. The van der Waals surface area contributed by atoms with Crippen molar-refractivity contribution in [2.24, 2.45) is 0 Å². The maximum absolute atomic E-state index is 13.0. The van der Waals surface area contributed by atoms with Crippen LogP contribution < -0.4 is 4.74 Å². The topological polar surface area (TPSA) is 16.8 Å². The van der Waals surface area contributed by atoms with Crippen molar-refractivity contribution in [2.45, 2.75) is 37.7 Å². The van der Waals surface area contributed by atoms with E-state index in [1.165, 1.54) is 23.3 Å². The van der Waals surface area contributed by atoms with Crippen molar-refractivity contribution in [3.8, 4) is 5.75 Å². The summed E-state index contributed by atoms with van der Waals surface area (Å²) >= 11 is 0. The van der Waals surface area contributed by atoms with Gasteiger partial charge in [-0.2, -0.15) is 0 Å². The lowest BCUT2D eigenvalue weighted by Gasteiger charge is -2.33. The van der Waals surface area contributed by atoms with Crippen LogP contribution in [-0.2, 0) is 6.42 Å². The van der Waals surface area contributed by atoms with Gasteiger partial charge in [-0.25, -0.2) is 9.24 Å². The molecule has 0 aromatic heterocycles. The predicted octanol–water partition coefficient (Wildman–Crippen LogP) is 4.95. The molecule has 2 aromatic carbocycles. The molecule has 1 heterocycles. The Morgan fingerprint density at radius 2 is 1.85 bits per heavy atom. The van der Waals surface area contributed by atoms with Gasteiger partial charge in [0.05, 0.1) is 6.57 Å². The fourth-order valence-corrected chi connectivity index (χ4v) is 4.24. The van der Waals surface area contributed by atoms with Crippen LogP contribution in [0.5, 0.6) is 5.75 Å².